The molecule has 1 aliphatic heterocycles. The Morgan fingerprint density at radius 2 is 2.21 bits per heavy atom. The third kappa shape index (κ3) is 2.30. The fourth-order valence-electron chi connectivity index (χ4n) is 1.74. The summed E-state index contributed by atoms with van der Waals surface area (Å²) in [5.41, 5.74) is 1.21. The predicted octanol–water partition coefficient (Wildman–Crippen LogP) is -0.737. The maximum absolute atomic E-state index is 3.92. The van der Waals surface area contributed by atoms with Crippen LogP contribution in [0, 0.1) is 0 Å². The topological polar surface area (TPSA) is 46.0 Å². The first kappa shape index (κ1) is 9.61. The fourth-order valence-corrected chi connectivity index (χ4v) is 1.74. The van der Waals surface area contributed by atoms with Crippen LogP contribution in [0.15, 0.2) is 6.20 Å². The lowest BCUT2D eigenvalue weighted by atomic mass is 10.3. The van der Waals surface area contributed by atoms with Crippen LogP contribution in [0.4, 0.5) is 0 Å². The molecular formula is C9H17N5. The van der Waals surface area contributed by atoms with Gasteiger partial charge in [0.1, 0.15) is 0 Å². The molecule has 0 aromatic carbocycles. The molecule has 1 aromatic rings. The van der Waals surface area contributed by atoms with Crippen LogP contribution in [-0.2, 0) is 13.5 Å². The molecule has 1 saturated heterocycles. The smallest absolute Gasteiger partial charge is 0.0725 e. The van der Waals surface area contributed by atoms with Crippen molar-refractivity contribution in [3.8, 4) is 0 Å². The van der Waals surface area contributed by atoms with E-state index in [1.54, 1.807) is 0 Å². The zero-order valence-electron chi connectivity index (χ0n) is 8.61. The standard InChI is InChI=1S/C9H17N5/c1-13-9(8-11-12-13)2-5-14-6-3-10-4-7-14/h8,10H,2-7H2,1H3. The van der Waals surface area contributed by atoms with E-state index in [9.17, 15) is 0 Å². The van der Waals surface area contributed by atoms with Crippen molar-refractivity contribution in [3.05, 3.63) is 11.9 Å². The van der Waals surface area contributed by atoms with Gasteiger partial charge >= 0.3 is 0 Å². The Labute approximate surface area is 84.1 Å². The summed E-state index contributed by atoms with van der Waals surface area (Å²) in [5, 5.41) is 11.1. The van der Waals surface area contributed by atoms with Crippen molar-refractivity contribution < 1.29 is 0 Å². The summed E-state index contributed by atoms with van der Waals surface area (Å²) in [4.78, 5) is 2.48. The highest BCUT2D eigenvalue weighted by Gasteiger charge is 2.09. The molecule has 0 atom stereocenters. The van der Waals surface area contributed by atoms with Gasteiger partial charge in [-0.05, 0) is 0 Å². The van der Waals surface area contributed by atoms with E-state index in [0.717, 1.165) is 39.1 Å². The zero-order valence-corrected chi connectivity index (χ0v) is 8.61. The molecule has 0 unspecified atom stereocenters. The Bertz CT molecular complexity index is 276. The van der Waals surface area contributed by atoms with Gasteiger partial charge < -0.3 is 10.2 Å². The van der Waals surface area contributed by atoms with Gasteiger partial charge in [-0.15, -0.1) is 5.10 Å². The number of rotatable bonds is 3. The molecule has 0 amide bonds. The van der Waals surface area contributed by atoms with Crippen molar-refractivity contribution in [1.82, 2.24) is 25.2 Å². The molecule has 78 valence electrons. The lowest BCUT2D eigenvalue weighted by Gasteiger charge is -2.26. The van der Waals surface area contributed by atoms with Crippen LogP contribution in [0.3, 0.4) is 0 Å². The van der Waals surface area contributed by atoms with Gasteiger partial charge in [0, 0.05) is 46.2 Å². The van der Waals surface area contributed by atoms with Crippen LogP contribution >= 0.6 is 0 Å². The summed E-state index contributed by atoms with van der Waals surface area (Å²) in [6.07, 6.45) is 2.89. The molecule has 5 nitrogen and oxygen atoms in total. The Hall–Kier alpha value is -0.940. The molecule has 2 heterocycles. The van der Waals surface area contributed by atoms with Gasteiger partial charge in [0.25, 0.3) is 0 Å². The Balaban J connectivity index is 1.79. The van der Waals surface area contributed by atoms with Crippen LogP contribution < -0.4 is 5.32 Å². The normalized spacial score (nSPS) is 18.6. The quantitative estimate of drug-likeness (QED) is 0.690. The largest absolute Gasteiger partial charge is 0.314 e. The monoisotopic (exact) mass is 195 g/mol. The van der Waals surface area contributed by atoms with Gasteiger partial charge in [-0.25, -0.2) is 0 Å². The molecule has 0 radical (unpaired) electrons. The van der Waals surface area contributed by atoms with Gasteiger partial charge in [-0.2, -0.15) is 0 Å². The van der Waals surface area contributed by atoms with Crippen LogP contribution in [0.5, 0.6) is 0 Å². The van der Waals surface area contributed by atoms with Gasteiger partial charge in [0.15, 0.2) is 0 Å². The van der Waals surface area contributed by atoms with Crippen molar-refractivity contribution in [1.29, 1.82) is 0 Å². The third-order valence-corrected chi connectivity index (χ3v) is 2.70. The minimum atomic E-state index is 1.05. The van der Waals surface area contributed by atoms with E-state index < -0.39 is 0 Å². The van der Waals surface area contributed by atoms with Crippen molar-refractivity contribution >= 4 is 0 Å². The van der Waals surface area contributed by atoms with Crippen molar-refractivity contribution in [2.75, 3.05) is 32.7 Å². The van der Waals surface area contributed by atoms with Gasteiger partial charge in [-0.1, -0.05) is 5.21 Å². The van der Waals surface area contributed by atoms with Gasteiger partial charge in [0.05, 0.1) is 11.9 Å². The predicted molar refractivity (Wildman–Crippen MR) is 54.0 cm³/mol. The van der Waals surface area contributed by atoms with E-state index in [2.05, 4.69) is 20.5 Å². The molecule has 0 saturated carbocycles. The van der Waals surface area contributed by atoms with E-state index in [-0.39, 0.29) is 0 Å². The number of aryl methyl sites for hydroxylation is 1. The van der Waals surface area contributed by atoms with Gasteiger partial charge in [-0.3, -0.25) is 4.68 Å². The number of aromatic nitrogens is 3. The number of hydrogen-bond acceptors (Lipinski definition) is 4. The zero-order chi connectivity index (χ0) is 9.80. The maximum Gasteiger partial charge on any atom is 0.0725 e. The molecule has 0 spiro atoms. The van der Waals surface area contributed by atoms with Crippen LogP contribution in [0.2, 0.25) is 0 Å². The van der Waals surface area contributed by atoms with Crippen molar-refractivity contribution in [2.45, 2.75) is 6.42 Å². The first-order chi connectivity index (χ1) is 6.86. The molecule has 1 aliphatic rings. The van der Waals surface area contributed by atoms with Crippen LogP contribution in [-0.4, -0.2) is 52.6 Å². The molecule has 2 rings (SSSR count). The number of hydrogen-bond donors (Lipinski definition) is 1. The summed E-state index contributed by atoms with van der Waals surface area (Å²) >= 11 is 0. The molecule has 0 aliphatic carbocycles. The SMILES string of the molecule is Cn1nncc1CCN1CCNCC1. The first-order valence-corrected chi connectivity index (χ1v) is 5.13. The Morgan fingerprint density at radius 1 is 1.43 bits per heavy atom. The fraction of sp³-hybridized carbons (Fsp3) is 0.778. The summed E-state index contributed by atoms with van der Waals surface area (Å²) in [5.74, 6) is 0. The molecule has 1 fully saturated rings. The number of piperazine rings is 1. The number of nitrogens with one attached hydrogen (secondary N) is 1. The second-order valence-electron chi connectivity index (χ2n) is 3.69. The second-order valence-corrected chi connectivity index (χ2v) is 3.69. The summed E-state index contributed by atoms with van der Waals surface area (Å²) in [6, 6.07) is 0. The molecule has 14 heavy (non-hydrogen) atoms. The molecule has 1 aromatic heterocycles. The average Bonchev–Trinajstić information content (AvgIpc) is 2.63. The average molecular weight is 195 g/mol. The molecular weight excluding hydrogens is 178 g/mol. The van der Waals surface area contributed by atoms with E-state index >= 15 is 0 Å². The van der Waals surface area contributed by atoms with E-state index in [1.165, 1.54) is 5.69 Å². The minimum Gasteiger partial charge on any atom is -0.314 e. The maximum atomic E-state index is 3.92. The Morgan fingerprint density at radius 3 is 2.86 bits per heavy atom. The molecule has 5 heteroatoms. The molecule has 1 N–H and O–H groups in total. The summed E-state index contributed by atoms with van der Waals surface area (Å²) in [7, 11) is 1.94. The highest BCUT2D eigenvalue weighted by molar-refractivity contribution is 4.94. The molecule has 0 bridgehead atoms. The van der Waals surface area contributed by atoms with Gasteiger partial charge in [0.2, 0.25) is 0 Å². The summed E-state index contributed by atoms with van der Waals surface area (Å²) < 4.78 is 1.85. The van der Waals surface area contributed by atoms with E-state index in [4.69, 9.17) is 0 Å². The Kier molecular flexibility index (Phi) is 3.10. The lowest BCUT2D eigenvalue weighted by Crippen LogP contribution is -2.44. The minimum absolute atomic E-state index is 1.05. The second kappa shape index (κ2) is 4.52. The van der Waals surface area contributed by atoms with Crippen molar-refractivity contribution in [3.63, 3.8) is 0 Å². The summed E-state index contributed by atoms with van der Waals surface area (Å²) in [6.45, 7) is 5.66. The lowest BCUT2D eigenvalue weighted by molar-refractivity contribution is 0.242. The van der Waals surface area contributed by atoms with Crippen LogP contribution in [0.1, 0.15) is 5.69 Å². The van der Waals surface area contributed by atoms with E-state index in [1.807, 2.05) is 17.9 Å². The third-order valence-electron chi connectivity index (χ3n) is 2.70. The van der Waals surface area contributed by atoms with E-state index in [0.29, 0.717) is 0 Å². The number of nitrogens with zero attached hydrogens (tertiary/aromatic N) is 4. The highest BCUT2D eigenvalue weighted by atomic mass is 15.4. The van der Waals surface area contributed by atoms with Crippen LogP contribution in [0.25, 0.3) is 0 Å². The first-order valence-electron chi connectivity index (χ1n) is 5.13. The highest BCUT2D eigenvalue weighted by Crippen LogP contribution is 1.99. The van der Waals surface area contributed by atoms with Crippen molar-refractivity contribution in [2.24, 2.45) is 7.05 Å².